The lowest BCUT2D eigenvalue weighted by Gasteiger charge is -2.13. The van der Waals surface area contributed by atoms with Crippen molar-refractivity contribution < 1.29 is 29.6 Å². The zero-order chi connectivity index (χ0) is 22.5. The SMILES string of the molecule is O=C(O)C(=O)O.OC(CNCc1cccnc1)COc1ccc(-c2ccccc2)cc1. The molecule has 0 saturated heterocycles. The van der Waals surface area contributed by atoms with Crippen molar-refractivity contribution in [2.24, 2.45) is 0 Å². The molecule has 0 radical (unpaired) electrons. The number of carbonyl (C=O) groups is 2. The average Bonchev–Trinajstić information content (AvgIpc) is 2.80. The predicted molar refractivity (Wildman–Crippen MR) is 115 cm³/mol. The molecule has 0 fully saturated rings. The van der Waals surface area contributed by atoms with E-state index in [1.807, 2.05) is 60.8 Å². The van der Waals surface area contributed by atoms with Crippen molar-refractivity contribution in [2.45, 2.75) is 12.6 Å². The highest BCUT2D eigenvalue weighted by Gasteiger charge is 2.06. The fourth-order valence-electron chi connectivity index (χ4n) is 2.51. The van der Waals surface area contributed by atoms with Crippen molar-refractivity contribution >= 4 is 11.9 Å². The highest BCUT2D eigenvalue weighted by atomic mass is 16.5. The van der Waals surface area contributed by atoms with Crippen LogP contribution in [0.4, 0.5) is 0 Å². The number of pyridine rings is 1. The summed E-state index contributed by atoms with van der Waals surface area (Å²) < 4.78 is 5.66. The Hall–Kier alpha value is -3.75. The first kappa shape index (κ1) is 23.5. The molecule has 4 N–H and O–H groups in total. The summed E-state index contributed by atoms with van der Waals surface area (Å²) in [4.78, 5) is 22.3. The van der Waals surface area contributed by atoms with Crippen molar-refractivity contribution in [3.05, 3.63) is 84.7 Å². The number of aromatic nitrogens is 1. The minimum atomic E-state index is -1.82. The maximum atomic E-state index is 10.0. The van der Waals surface area contributed by atoms with E-state index in [-0.39, 0.29) is 6.61 Å². The zero-order valence-corrected chi connectivity index (χ0v) is 16.7. The number of carboxylic acid groups (broad SMARTS) is 2. The molecule has 0 aliphatic carbocycles. The van der Waals surface area contributed by atoms with Gasteiger partial charge in [0.05, 0.1) is 0 Å². The lowest BCUT2D eigenvalue weighted by Crippen LogP contribution is -2.31. The van der Waals surface area contributed by atoms with Crippen LogP contribution in [0.2, 0.25) is 0 Å². The Morgan fingerprint density at radius 1 is 0.903 bits per heavy atom. The van der Waals surface area contributed by atoms with Crippen LogP contribution in [0, 0.1) is 0 Å². The molecule has 8 heteroatoms. The van der Waals surface area contributed by atoms with Crippen LogP contribution in [-0.4, -0.2) is 51.5 Å². The second-order valence-electron chi connectivity index (χ2n) is 6.46. The third-order valence-corrected chi connectivity index (χ3v) is 4.02. The number of rotatable bonds is 8. The third kappa shape index (κ3) is 9.07. The van der Waals surface area contributed by atoms with Gasteiger partial charge in [-0.05, 0) is 34.9 Å². The van der Waals surface area contributed by atoms with Gasteiger partial charge in [-0.2, -0.15) is 0 Å². The number of carboxylic acids is 2. The van der Waals surface area contributed by atoms with E-state index < -0.39 is 18.0 Å². The second kappa shape index (κ2) is 12.7. The largest absolute Gasteiger partial charge is 0.491 e. The highest BCUT2D eigenvalue weighted by Crippen LogP contribution is 2.22. The Morgan fingerprint density at radius 2 is 1.55 bits per heavy atom. The van der Waals surface area contributed by atoms with Crippen LogP contribution in [0.15, 0.2) is 79.1 Å². The molecule has 0 aliphatic rings. The van der Waals surface area contributed by atoms with E-state index in [1.54, 1.807) is 6.20 Å². The molecule has 31 heavy (non-hydrogen) atoms. The Balaban J connectivity index is 0.000000501. The van der Waals surface area contributed by atoms with Crippen LogP contribution >= 0.6 is 0 Å². The molecule has 0 amide bonds. The number of aliphatic hydroxyl groups is 1. The minimum absolute atomic E-state index is 0.255. The van der Waals surface area contributed by atoms with Crippen LogP contribution < -0.4 is 10.1 Å². The summed E-state index contributed by atoms with van der Waals surface area (Å²) in [5.41, 5.74) is 3.41. The molecule has 1 heterocycles. The monoisotopic (exact) mass is 424 g/mol. The number of benzene rings is 2. The Morgan fingerprint density at radius 3 is 2.13 bits per heavy atom. The summed E-state index contributed by atoms with van der Waals surface area (Å²) in [5.74, 6) is -2.89. The van der Waals surface area contributed by atoms with E-state index in [4.69, 9.17) is 24.5 Å². The summed E-state index contributed by atoms with van der Waals surface area (Å²) in [5, 5.41) is 28.0. The first-order valence-corrected chi connectivity index (χ1v) is 9.48. The molecule has 0 spiro atoms. The molecule has 8 nitrogen and oxygen atoms in total. The van der Waals surface area contributed by atoms with Crippen molar-refractivity contribution in [1.82, 2.24) is 10.3 Å². The molecule has 0 aliphatic heterocycles. The van der Waals surface area contributed by atoms with Gasteiger partial charge in [-0.25, -0.2) is 9.59 Å². The Bertz CT molecular complexity index is 921. The van der Waals surface area contributed by atoms with Gasteiger partial charge in [0.1, 0.15) is 18.5 Å². The topological polar surface area (TPSA) is 129 Å². The lowest BCUT2D eigenvalue weighted by molar-refractivity contribution is -0.159. The molecular formula is C23H24N2O6. The van der Waals surface area contributed by atoms with Crippen LogP contribution in [0.25, 0.3) is 11.1 Å². The van der Waals surface area contributed by atoms with Crippen molar-refractivity contribution in [1.29, 1.82) is 0 Å². The number of hydrogen-bond acceptors (Lipinski definition) is 6. The minimum Gasteiger partial charge on any atom is -0.491 e. The first-order valence-electron chi connectivity index (χ1n) is 9.48. The molecule has 1 atom stereocenters. The van der Waals surface area contributed by atoms with Crippen LogP contribution in [-0.2, 0) is 16.1 Å². The van der Waals surface area contributed by atoms with E-state index >= 15 is 0 Å². The van der Waals surface area contributed by atoms with Crippen molar-refractivity contribution in [2.75, 3.05) is 13.2 Å². The summed E-state index contributed by atoms with van der Waals surface area (Å²) in [6.45, 7) is 1.40. The number of nitrogens with zero attached hydrogens (tertiary/aromatic N) is 1. The van der Waals surface area contributed by atoms with Gasteiger partial charge in [-0.15, -0.1) is 0 Å². The van der Waals surface area contributed by atoms with Crippen molar-refractivity contribution in [3.63, 3.8) is 0 Å². The smallest absolute Gasteiger partial charge is 0.414 e. The summed E-state index contributed by atoms with van der Waals surface area (Å²) in [6, 6.07) is 22.0. The molecule has 1 aromatic heterocycles. The number of nitrogens with one attached hydrogen (secondary N) is 1. The van der Waals surface area contributed by atoms with E-state index in [1.165, 1.54) is 5.56 Å². The van der Waals surface area contributed by atoms with E-state index in [0.29, 0.717) is 13.1 Å². The molecule has 0 bridgehead atoms. The summed E-state index contributed by atoms with van der Waals surface area (Å²) in [7, 11) is 0. The number of ether oxygens (including phenoxy) is 1. The van der Waals surface area contributed by atoms with Gasteiger partial charge in [-0.3, -0.25) is 4.98 Å². The fourth-order valence-corrected chi connectivity index (χ4v) is 2.51. The van der Waals surface area contributed by atoms with Crippen LogP contribution in [0.3, 0.4) is 0 Å². The zero-order valence-electron chi connectivity index (χ0n) is 16.7. The van der Waals surface area contributed by atoms with Gasteiger partial charge < -0.3 is 25.4 Å². The normalized spacial score (nSPS) is 11.0. The average molecular weight is 424 g/mol. The summed E-state index contributed by atoms with van der Waals surface area (Å²) >= 11 is 0. The molecule has 3 rings (SSSR count). The predicted octanol–water partition coefficient (Wildman–Crippen LogP) is 2.43. The van der Waals surface area contributed by atoms with Crippen LogP contribution in [0.5, 0.6) is 5.75 Å². The Kier molecular flexibility index (Phi) is 9.67. The molecule has 2 aromatic carbocycles. The van der Waals surface area contributed by atoms with Gasteiger partial charge in [-0.1, -0.05) is 48.5 Å². The van der Waals surface area contributed by atoms with E-state index in [0.717, 1.165) is 16.9 Å². The number of hydrogen-bond donors (Lipinski definition) is 4. The van der Waals surface area contributed by atoms with Crippen molar-refractivity contribution in [3.8, 4) is 16.9 Å². The van der Waals surface area contributed by atoms with Gasteiger partial charge in [0, 0.05) is 25.5 Å². The van der Waals surface area contributed by atoms with Gasteiger partial charge >= 0.3 is 11.9 Å². The molecule has 0 saturated carbocycles. The maximum Gasteiger partial charge on any atom is 0.414 e. The first-order chi connectivity index (χ1) is 15.0. The van der Waals surface area contributed by atoms with E-state index in [2.05, 4.69) is 22.4 Å². The van der Waals surface area contributed by atoms with Crippen LogP contribution in [0.1, 0.15) is 5.56 Å². The standard InChI is InChI=1S/C21H22N2O2.C2H2O4/c24-20(15-23-14-17-5-4-12-22-13-17)16-25-21-10-8-19(9-11-21)18-6-2-1-3-7-18;3-1(4)2(5)6/h1-13,20,23-24H,14-16H2;(H,3,4)(H,5,6). The summed E-state index contributed by atoms with van der Waals surface area (Å²) in [6.07, 6.45) is 2.99. The number of aliphatic hydroxyl groups excluding tert-OH is 1. The molecule has 3 aromatic rings. The molecular weight excluding hydrogens is 400 g/mol. The molecule has 1 unspecified atom stereocenters. The quantitative estimate of drug-likeness (QED) is 0.406. The maximum absolute atomic E-state index is 10.0. The van der Waals surface area contributed by atoms with E-state index in [9.17, 15) is 5.11 Å². The third-order valence-electron chi connectivity index (χ3n) is 4.02. The lowest BCUT2D eigenvalue weighted by atomic mass is 10.1. The molecule has 162 valence electrons. The van der Waals surface area contributed by atoms with Gasteiger partial charge in [0.2, 0.25) is 0 Å². The van der Waals surface area contributed by atoms with Gasteiger partial charge in [0.25, 0.3) is 0 Å². The Labute approximate surface area is 179 Å². The fraction of sp³-hybridized carbons (Fsp3) is 0.174. The number of aliphatic carboxylic acids is 2. The highest BCUT2D eigenvalue weighted by molar-refractivity contribution is 6.27. The second-order valence-corrected chi connectivity index (χ2v) is 6.46. The van der Waals surface area contributed by atoms with Gasteiger partial charge in [0.15, 0.2) is 0 Å².